The van der Waals surface area contributed by atoms with Gasteiger partial charge < -0.3 is 5.32 Å². The summed E-state index contributed by atoms with van der Waals surface area (Å²) in [7, 11) is 0. The quantitative estimate of drug-likeness (QED) is 0.774. The fourth-order valence-corrected chi connectivity index (χ4v) is 3.13. The molecule has 18 heavy (non-hydrogen) atoms. The van der Waals surface area contributed by atoms with Crippen LogP contribution in [0.15, 0.2) is 17.6 Å². The van der Waals surface area contributed by atoms with Crippen molar-refractivity contribution in [2.75, 3.05) is 5.32 Å². The maximum atomic E-state index is 6.31. The molecule has 1 heterocycles. The number of hydrogen-bond donors (Lipinski definition) is 1. The Labute approximate surface area is 117 Å². The molecule has 4 heteroatoms. The Kier molecular flexibility index (Phi) is 4.84. The highest BCUT2D eigenvalue weighted by Gasteiger charge is 2.13. The zero-order valence-electron chi connectivity index (χ0n) is 10.9. The number of halogens is 1. The van der Waals surface area contributed by atoms with Crippen LogP contribution in [0.25, 0.3) is 10.2 Å². The van der Waals surface area contributed by atoms with Crippen LogP contribution in [0.2, 0.25) is 5.02 Å². The standard InChI is InChI=1S/C14H19ClN2S/c1-3-5-10(6-4-2)17-13-11(15)7-8-12-14(13)16-9-18-12/h7-10,17H,3-6H2,1-2H3. The van der Waals surface area contributed by atoms with E-state index in [9.17, 15) is 0 Å². The smallest absolute Gasteiger partial charge is 0.106 e. The Hall–Kier alpha value is -0.800. The molecule has 0 aliphatic heterocycles. The molecule has 2 nitrogen and oxygen atoms in total. The van der Waals surface area contributed by atoms with Crippen molar-refractivity contribution < 1.29 is 0 Å². The van der Waals surface area contributed by atoms with Crippen LogP contribution < -0.4 is 5.32 Å². The zero-order valence-corrected chi connectivity index (χ0v) is 12.4. The maximum absolute atomic E-state index is 6.31. The molecule has 0 bridgehead atoms. The van der Waals surface area contributed by atoms with Crippen molar-refractivity contribution in [1.29, 1.82) is 0 Å². The summed E-state index contributed by atoms with van der Waals surface area (Å²) < 4.78 is 1.19. The molecule has 0 aliphatic rings. The van der Waals surface area contributed by atoms with Gasteiger partial charge in [-0.1, -0.05) is 38.3 Å². The maximum Gasteiger partial charge on any atom is 0.106 e. The van der Waals surface area contributed by atoms with Crippen molar-refractivity contribution in [3.05, 3.63) is 22.7 Å². The number of rotatable bonds is 6. The van der Waals surface area contributed by atoms with Gasteiger partial charge in [-0.15, -0.1) is 11.3 Å². The summed E-state index contributed by atoms with van der Waals surface area (Å²) in [5.74, 6) is 0. The lowest BCUT2D eigenvalue weighted by atomic mass is 10.1. The van der Waals surface area contributed by atoms with E-state index in [1.165, 1.54) is 30.4 Å². The monoisotopic (exact) mass is 282 g/mol. The number of hydrogen-bond acceptors (Lipinski definition) is 3. The van der Waals surface area contributed by atoms with Gasteiger partial charge in [-0.2, -0.15) is 0 Å². The molecule has 0 saturated heterocycles. The van der Waals surface area contributed by atoms with Crippen molar-refractivity contribution in [2.45, 2.75) is 45.6 Å². The molecule has 2 rings (SSSR count). The van der Waals surface area contributed by atoms with E-state index in [2.05, 4.69) is 24.1 Å². The molecule has 98 valence electrons. The number of nitrogens with one attached hydrogen (secondary N) is 1. The molecule has 1 aromatic carbocycles. The van der Waals surface area contributed by atoms with Crippen LogP contribution in [-0.2, 0) is 0 Å². The van der Waals surface area contributed by atoms with Crippen molar-refractivity contribution in [3.8, 4) is 0 Å². The van der Waals surface area contributed by atoms with Crippen LogP contribution in [0.4, 0.5) is 5.69 Å². The third kappa shape index (κ3) is 2.96. The lowest BCUT2D eigenvalue weighted by Crippen LogP contribution is -2.19. The number of aromatic nitrogens is 1. The summed E-state index contributed by atoms with van der Waals surface area (Å²) in [6.45, 7) is 4.44. The summed E-state index contributed by atoms with van der Waals surface area (Å²) in [5, 5.41) is 4.36. The Balaban J connectivity index is 2.28. The largest absolute Gasteiger partial charge is 0.379 e. The molecule has 0 aliphatic carbocycles. The second-order valence-corrected chi connectivity index (χ2v) is 5.83. The van der Waals surface area contributed by atoms with Gasteiger partial charge in [-0.05, 0) is 25.0 Å². The molecule has 1 N–H and O–H groups in total. The molecule has 2 aromatic rings. The van der Waals surface area contributed by atoms with E-state index in [4.69, 9.17) is 11.6 Å². The first-order valence-corrected chi connectivity index (χ1v) is 7.80. The molecular weight excluding hydrogens is 264 g/mol. The predicted octanol–water partition coefficient (Wildman–Crippen LogP) is 5.33. The number of anilines is 1. The second-order valence-electron chi connectivity index (χ2n) is 4.54. The first kappa shape index (κ1) is 13.6. The Morgan fingerprint density at radius 1 is 1.28 bits per heavy atom. The van der Waals surface area contributed by atoms with Gasteiger partial charge in [0.2, 0.25) is 0 Å². The Morgan fingerprint density at radius 2 is 2.00 bits per heavy atom. The molecule has 0 atom stereocenters. The van der Waals surface area contributed by atoms with E-state index in [1.807, 2.05) is 17.6 Å². The highest BCUT2D eigenvalue weighted by molar-refractivity contribution is 7.16. The Bertz CT molecular complexity index is 503. The average Bonchev–Trinajstić information content (AvgIpc) is 2.82. The van der Waals surface area contributed by atoms with Gasteiger partial charge >= 0.3 is 0 Å². The van der Waals surface area contributed by atoms with E-state index >= 15 is 0 Å². The lowest BCUT2D eigenvalue weighted by molar-refractivity contribution is 0.587. The molecule has 0 spiro atoms. The van der Waals surface area contributed by atoms with Crippen molar-refractivity contribution in [2.24, 2.45) is 0 Å². The summed E-state index contributed by atoms with van der Waals surface area (Å²) in [6, 6.07) is 4.49. The minimum Gasteiger partial charge on any atom is -0.379 e. The van der Waals surface area contributed by atoms with Gasteiger partial charge in [0.25, 0.3) is 0 Å². The summed E-state index contributed by atoms with van der Waals surface area (Å²) in [4.78, 5) is 4.42. The molecule has 0 amide bonds. The summed E-state index contributed by atoms with van der Waals surface area (Å²) >= 11 is 7.96. The second kappa shape index (κ2) is 6.39. The van der Waals surface area contributed by atoms with Crippen LogP contribution >= 0.6 is 22.9 Å². The van der Waals surface area contributed by atoms with Crippen molar-refractivity contribution in [3.63, 3.8) is 0 Å². The molecule has 1 aromatic heterocycles. The fourth-order valence-electron chi connectivity index (χ4n) is 2.23. The van der Waals surface area contributed by atoms with Crippen LogP contribution in [0.5, 0.6) is 0 Å². The molecule has 0 unspecified atom stereocenters. The first-order chi connectivity index (χ1) is 8.76. The third-order valence-corrected chi connectivity index (χ3v) is 4.18. The van der Waals surface area contributed by atoms with E-state index in [0.717, 1.165) is 16.2 Å². The van der Waals surface area contributed by atoms with Crippen molar-refractivity contribution >= 4 is 38.8 Å². The third-order valence-electron chi connectivity index (χ3n) is 3.07. The van der Waals surface area contributed by atoms with Crippen LogP contribution in [0.1, 0.15) is 39.5 Å². The van der Waals surface area contributed by atoms with Gasteiger partial charge in [0.15, 0.2) is 0 Å². The van der Waals surface area contributed by atoms with Crippen LogP contribution in [0, 0.1) is 0 Å². The van der Waals surface area contributed by atoms with Gasteiger partial charge in [-0.3, -0.25) is 0 Å². The van der Waals surface area contributed by atoms with Gasteiger partial charge in [0.1, 0.15) is 5.52 Å². The Morgan fingerprint density at radius 3 is 2.67 bits per heavy atom. The first-order valence-electron chi connectivity index (χ1n) is 6.54. The highest BCUT2D eigenvalue weighted by Crippen LogP contribution is 2.33. The number of thiazole rings is 1. The molecule has 0 radical (unpaired) electrons. The molecule has 0 saturated carbocycles. The van der Waals surface area contributed by atoms with Gasteiger partial charge in [-0.25, -0.2) is 4.98 Å². The lowest BCUT2D eigenvalue weighted by Gasteiger charge is -2.19. The SMILES string of the molecule is CCCC(CCC)Nc1c(Cl)ccc2scnc12. The highest BCUT2D eigenvalue weighted by atomic mass is 35.5. The predicted molar refractivity (Wildman–Crippen MR) is 81.9 cm³/mol. The number of benzene rings is 1. The normalized spacial score (nSPS) is 11.3. The van der Waals surface area contributed by atoms with Gasteiger partial charge in [0, 0.05) is 6.04 Å². The van der Waals surface area contributed by atoms with Crippen LogP contribution in [-0.4, -0.2) is 11.0 Å². The van der Waals surface area contributed by atoms with E-state index < -0.39 is 0 Å². The number of fused-ring (bicyclic) bond motifs is 1. The summed E-state index contributed by atoms with van der Waals surface area (Å²) in [6.07, 6.45) is 4.71. The van der Waals surface area contributed by atoms with E-state index in [-0.39, 0.29) is 0 Å². The average molecular weight is 283 g/mol. The van der Waals surface area contributed by atoms with Crippen molar-refractivity contribution in [1.82, 2.24) is 4.98 Å². The summed E-state index contributed by atoms with van der Waals surface area (Å²) in [5.41, 5.74) is 3.88. The van der Waals surface area contributed by atoms with Crippen LogP contribution in [0.3, 0.4) is 0 Å². The minimum absolute atomic E-state index is 0.491. The molecule has 0 fully saturated rings. The molecular formula is C14H19ClN2S. The zero-order chi connectivity index (χ0) is 13.0. The van der Waals surface area contributed by atoms with E-state index in [1.54, 1.807) is 11.3 Å². The fraction of sp³-hybridized carbons (Fsp3) is 0.500. The van der Waals surface area contributed by atoms with Gasteiger partial charge in [0.05, 0.1) is 20.9 Å². The minimum atomic E-state index is 0.491. The number of nitrogens with zero attached hydrogens (tertiary/aromatic N) is 1. The van der Waals surface area contributed by atoms with E-state index in [0.29, 0.717) is 6.04 Å². The topological polar surface area (TPSA) is 24.9 Å².